The summed E-state index contributed by atoms with van der Waals surface area (Å²) in [6.45, 7) is 0.882. The molecule has 0 aliphatic carbocycles. The molecule has 21 heavy (non-hydrogen) atoms. The van der Waals surface area contributed by atoms with Gasteiger partial charge < -0.3 is 20.1 Å². The molecule has 8 heteroatoms. The van der Waals surface area contributed by atoms with Crippen LogP contribution in [-0.4, -0.2) is 49.0 Å². The molecule has 0 aromatic heterocycles. The number of hydrogen-bond acceptors (Lipinski definition) is 3. The number of carbonyl (C=O) groups excluding carboxylic acids is 1. The highest BCUT2D eigenvalue weighted by Gasteiger charge is 2.39. The van der Waals surface area contributed by atoms with Crippen LogP contribution in [0.4, 0.5) is 23.7 Å². The predicted octanol–water partition coefficient (Wildman–Crippen LogP) is 2.39. The van der Waals surface area contributed by atoms with Crippen LogP contribution in [0.5, 0.6) is 5.75 Å². The van der Waals surface area contributed by atoms with Gasteiger partial charge in [0.2, 0.25) is 0 Å². The minimum absolute atomic E-state index is 0.453. The Morgan fingerprint density at radius 2 is 2.10 bits per heavy atom. The summed E-state index contributed by atoms with van der Waals surface area (Å²) < 4.78 is 41.7. The number of anilines is 1. The van der Waals surface area contributed by atoms with Crippen LogP contribution in [-0.2, 0) is 0 Å². The molecule has 0 saturated carbocycles. The van der Waals surface area contributed by atoms with E-state index in [0.29, 0.717) is 17.0 Å². The first-order chi connectivity index (χ1) is 9.65. The number of halogens is 3. The Hall–Kier alpha value is -1.96. The van der Waals surface area contributed by atoms with Gasteiger partial charge in [-0.25, -0.2) is 4.79 Å². The van der Waals surface area contributed by atoms with E-state index in [-0.39, 0.29) is 0 Å². The minimum atomic E-state index is -4.76. The Labute approximate surface area is 120 Å². The van der Waals surface area contributed by atoms with Crippen molar-refractivity contribution in [3.63, 3.8) is 0 Å². The summed E-state index contributed by atoms with van der Waals surface area (Å²) in [6.07, 6.45) is -7.34. The van der Waals surface area contributed by atoms with Crippen LogP contribution in [0, 0.1) is 6.92 Å². The fourth-order valence-corrected chi connectivity index (χ4v) is 1.56. The highest BCUT2D eigenvalue weighted by molar-refractivity contribution is 5.90. The SMILES string of the molecule is COc1ccc(NC(=O)N(C)CC(O)C(F)(F)F)c(C)c1. The standard InChI is InChI=1S/C13H17F3N2O3/c1-8-6-9(21-3)4-5-10(8)17-12(20)18(2)7-11(19)13(14,15)16/h4-6,11,19H,7H2,1-3H3,(H,17,20). The molecule has 2 N–H and O–H groups in total. The first-order valence-electron chi connectivity index (χ1n) is 6.06. The van der Waals surface area contributed by atoms with Crippen molar-refractivity contribution in [3.05, 3.63) is 23.8 Å². The van der Waals surface area contributed by atoms with Crippen molar-refractivity contribution < 1.29 is 27.8 Å². The molecule has 1 aromatic rings. The average molecular weight is 306 g/mol. The molecule has 2 amide bonds. The monoisotopic (exact) mass is 306 g/mol. The molecule has 0 spiro atoms. The van der Waals surface area contributed by atoms with E-state index in [9.17, 15) is 18.0 Å². The van der Waals surface area contributed by atoms with Crippen molar-refractivity contribution in [1.82, 2.24) is 4.90 Å². The molecule has 1 atom stereocenters. The number of amides is 2. The number of urea groups is 1. The van der Waals surface area contributed by atoms with Crippen molar-refractivity contribution in [2.45, 2.75) is 19.2 Å². The lowest BCUT2D eigenvalue weighted by Crippen LogP contribution is -2.43. The van der Waals surface area contributed by atoms with Crippen LogP contribution in [0.3, 0.4) is 0 Å². The first kappa shape index (κ1) is 17.1. The van der Waals surface area contributed by atoms with Gasteiger partial charge >= 0.3 is 12.2 Å². The molecule has 1 unspecified atom stereocenters. The number of rotatable bonds is 4. The van der Waals surface area contributed by atoms with Crippen molar-refractivity contribution in [1.29, 1.82) is 0 Å². The number of ether oxygens (including phenoxy) is 1. The Bertz CT molecular complexity index is 506. The molecule has 118 valence electrons. The topological polar surface area (TPSA) is 61.8 Å². The number of aliphatic hydroxyl groups excluding tert-OH is 1. The quantitative estimate of drug-likeness (QED) is 0.898. The van der Waals surface area contributed by atoms with Crippen molar-refractivity contribution in [2.75, 3.05) is 26.0 Å². The smallest absolute Gasteiger partial charge is 0.416 e. The molecular weight excluding hydrogens is 289 g/mol. The molecule has 0 aliphatic heterocycles. The van der Waals surface area contributed by atoms with Crippen LogP contribution in [0.1, 0.15) is 5.56 Å². The number of nitrogens with one attached hydrogen (secondary N) is 1. The van der Waals surface area contributed by atoms with Crippen LogP contribution in [0.15, 0.2) is 18.2 Å². The van der Waals surface area contributed by atoms with Crippen LogP contribution in [0.25, 0.3) is 0 Å². The average Bonchev–Trinajstić information content (AvgIpc) is 2.39. The minimum Gasteiger partial charge on any atom is -0.497 e. The molecule has 0 saturated heterocycles. The number of aliphatic hydroxyl groups is 1. The lowest BCUT2D eigenvalue weighted by Gasteiger charge is -2.23. The lowest BCUT2D eigenvalue weighted by atomic mass is 10.2. The maximum Gasteiger partial charge on any atom is 0.416 e. The largest absolute Gasteiger partial charge is 0.497 e. The zero-order valence-corrected chi connectivity index (χ0v) is 11.9. The maximum absolute atomic E-state index is 12.2. The molecule has 5 nitrogen and oxygen atoms in total. The number of methoxy groups -OCH3 is 1. The second kappa shape index (κ2) is 6.66. The van der Waals surface area contributed by atoms with E-state index in [2.05, 4.69) is 5.32 Å². The fraction of sp³-hybridized carbons (Fsp3) is 0.462. The third-order valence-corrected chi connectivity index (χ3v) is 2.85. The number of benzene rings is 1. The lowest BCUT2D eigenvalue weighted by molar-refractivity contribution is -0.205. The molecule has 0 fully saturated rings. The summed E-state index contributed by atoms with van der Waals surface area (Å²) in [5.41, 5.74) is 1.15. The number of carbonyl (C=O) groups is 1. The van der Waals surface area contributed by atoms with E-state index in [1.54, 1.807) is 25.1 Å². The molecule has 1 rings (SSSR count). The van der Waals surface area contributed by atoms with Crippen molar-refractivity contribution >= 4 is 11.7 Å². The van der Waals surface area contributed by atoms with Gasteiger partial charge in [-0.2, -0.15) is 13.2 Å². The third kappa shape index (κ3) is 4.82. The van der Waals surface area contributed by atoms with Crippen LogP contribution < -0.4 is 10.1 Å². The van der Waals surface area contributed by atoms with Gasteiger partial charge in [-0.15, -0.1) is 0 Å². The van der Waals surface area contributed by atoms with E-state index < -0.39 is 24.9 Å². The maximum atomic E-state index is 12.2. The van der Waals surface area contributed by atoms with Gasteiger partial charge in [0, 0.05) is 12.7 Å². The van der Waals surface area contributed by atoms with Crippen molar-refractivity contribution in [2.24, 2.45) is 0 Å². The highest BCUT2D eigenvalue weighted by Crippen LogP contribution is 2.22. The molecule has 0 heterocycles. The zero-order valence-electron chi connectivity index (χ0n) is 11.9. The summed E-state index contributed by atoms with van der Waals surface area (Å²) in [4.78, 5) is 12.6. The Morgan fingerprint density at radius 1 is 1.48 bits per heavy atom. The molecule has 1 aromatic carbocycles. The highest BCUT2D eigenvalue weighted by atomic mass is 19.4. The first-order valence-corrected chi connectivity index (χ1v) is 6.06. The van der Waals surface area contributed by atoms with Gasteiger partial charge in [0.05, 0.1) is 13.7 Å². The summed E-state index contributed by atoms with van der Waals surface area (Å²) in [6, 6.07) is 4.14. The summed E-state index contributed by atoms with van der Waals surface area (Å²) in [5, 5.41) is 11.4. The number of likely N-dealkylation sites (N-methyl/N-ethyl adjacent to an activating group) is 1. The van der Waals surface area contributed by atoms with Crippen molar-refractivity contribution in [3.8, 4) is 5.75 Å². The Balaban J connectivity index is 2.68. The van der Waals surface area contributed by atoms with Gasteiger partial charge in [-0.1, -0.05) is 0 Å². The summed E-state index contributed by atoms with van der Waals surface area (Å²) in [5.74, 6) is 0.603. The normalized spacial score (nSPS) is 12.7. The summed E-state index contributed by atoms with van der Waals surface area (Å²) >= 11 is 0. The van der Waals surface area contributed by atoms with E-state index in [0.717, 1.165) is 4.90 Å². The van der Waals surface area contributed by atoms with Gasteiger partial charge in [0.1, 0.15) is 5.75 Å². The number of alkyl halides is 3. The van der Waals surface area contributed by atoms with Gasteiger partial charge in [-0.05, 0) is 30.7 Å². The Morgan fingerprint density at radius 3 is 2.57 bits per heavy atom. The van der Waals surface area contributed by atoms with Crippen LogP contribution >= 0.6 is 0 Å². The van der Waals surface area contributed by atoms with E-state index >= 15 is 0 Å². The molecular formula is C13H17F3N2O3. The Kier molecular flexibility index (Phi) is 5.42. The summed E-state index contributed by atoms with van der Waals surface area (Å²) in [7, 11) is 2.67. The predicted molar refractivity (Wildman–Crippen MR) is 71.4 cm³/mol. The van der Waals surface area contributed by atoms with Gasteiger partial charge in [-0.3, -0.25) is 0 Å². The van der Waals surface area contributed by atoms with E-state index in [1.807, 2.05) is 0 Å². The number of nitrogens with zero attached hydrogens (tertiary/aromatic N) is 1. The molecule has 0 bridgehead atoms. The van der Waals surface area contributed by atoms with Gasteiger partial charge in [0.15, 0.2) is 6.10 Å². The zero-order chi connectivity index (χ0) is 16.2. The van der Waals surface area contributed by atoms with Crippen LogP contribution in [0.2, 0.25) is 0 Å². The second-order valence-electron chi connectivity index (χ2n) is 4.55. The van der Waals surface area contributed by atoms with E-state index in [4.69, 9.17) is 9.84 Å². The number of aryl methyl sites for hydroxylation is 1. The molecule has 0 aliphatic rings. The third-order valence-electron chi connectivity index (χ3n) is 2.85. The fourth-order valence-electron chi connectivity index (χ4n) is 1.56. The second-order valence-corrected chi connectivity index (χ2v) is 4.55. The van der Waals surface area contributed by atoms with Gasteiger partial charge in [0.25, 0.3) is 0 Å². The van der Waals surface area contributed by atoms with E-state index in [1.165, 1.54) is 14.2 Å². The molecule has 0 radical (unpaired) electrons. The number of hydrogen-bond donors (Lipinski definition) is 2.